The van der Waals surface area contributed by atoms with Gasteiger partial charge in [-0.05, 0) is 81.2 Å². The van der Waals surface area contributed by atoms with Crippen LogP contribution in [0.15, 0.2) is 94.7 Å². The molecule has 13 heteroatoms. The Hall–Kier alpha value is -4.82. The number of amides is 1. The standard InChI is InChI=1S/C18H22N2S.C17H19NO3.C4H6O6/c1-14(12-19(2)3)13-20-15-8-4-6-10-17(15)21-18-11-7-5-9-16(18)20;19-17(18-10-4-1-5-11-18)7-3-2-6-14-8-9-15-16(12-14)21-13-20-15;5-1(3(7)8)2(6)4(9)10/h4-11,14H,12-13H2,1-3H3;2-3,6-9,12H,1,4-5,10-11,13H2;1-2,5-6H,(H,7,8)(H,9,10). The minimum absolute atomic E-state index is 0.102. The molecular formula is C39H47N3O9S. The van der Waals surface area contributed by atoms with E-state index in [1.165, 1.54) is 27.6 Å². The summed E-state index contributed by atoms with van der Waals surface area (Å²) in [5.41, 5.74) is 3.70. The third kappa shape index (κ3) is 11.6. The molecule has 3 aromatic rings. The van der Waals surface area contributed by atoms with Gasteiger partial charge in [0.15, 0.2) is 23.7 Å². The van der Waals surface area contributed by atoms with Gasteiger partial charge >= 0.3 is 11.9 Å². The normalized spacial score (nSPS) is 16.2. The molecule has 278 valence electrons. The highest BCUT2D eigenvalue weighted by atomic mass is 32.2. The van der Waals surface area contributed by atoms with E-state index in [-0.39, 0.29) is 12.7 Å². The Bertz CT molecular complexity index is 1660. The number of para-hydroxylation sites is 2. The molecule has 0 aliphatic carbocycles. The monoisotopic (exact) mass is 733 g/mol. The summed E-state index contributed by atoms with van der Waals surface area (Å²) in [4.78, 5) is 40.8. The number of nitrogens with zero attached hydrogens (tertiary/aromatic N) is 3. The van der Waals surface area contributed by atoms with E-state index in [2.05, 4.69) is 79.3 Å². The summed E-state index contributed by atoms with van der Waals surface area (Å²) < 4.78 is 10.6. The lowest BCUT2D eigenvalue weighted by atomic mass is 10.1. The van der Waals surface area contributed by atoms with E-state index in [9.17, 15) is 14.4 Å². The zero-order valence-corrected chi connectivity index (χ0v) is 30.4. The molecule has 0 aromatic heterocycles. The van der Waals surface area contributed by atoms with Crippen LogP contribution in [0.25, 0.3) is 6.08 Å². The Kier molecular flexibility index (Phi) is 15.1. The number of piperidine rings is 1. The first-order valence-electron chi connectivity index (χ1n) is 17.1. The molecule has 0 saturated carbocycles. The number of hydrogen-bond donors (Lipinski definition) is 4. The predicted octanol–water partition coefficient (Wildman–Crippen LogP) is 5.36. The van der Waals surface area contributed by atoms with E-state index in [4.69, 9.17) is 29.9 Å². The lowest BCUT2D eigenvalue weighted by Crippen LogP contribution is -2.39. The number of carboxylic acids is 2. The molecule has 3 heterocycles. The first-order chi connectivity index (χ1) is 24.9. The molecule has 3 aliphatic heterocycles. The van der Waals surface area contributed by atoms with Crippen LogP contribution in [0.1, 0.15) is 31.7 Å². The molecule has 1 fully saturated rings. The molecule has 3 unspecified atom stereocenters. The minimum atomic E-state index is -2.27. The fourth-order valence-electron chi connectivity index (χ4n) is 5.78. The average molecular weight is 734 g/mol. The second-order valence-corrected chi connectivity index (χ2v) is 13.9. The third-order valence-corrected chi connectivity index (χ3v) is 9.34. The van der Waals surface area contributed by atoms with Crippen molar-refractivity contribution in [2.75, 3.05) is 52.0 Å². The lowest BCUT2D eigenvalue weighted by molar-refractivity contribution is -0.165. The number of fused-ring (bicyclic) bond motifs is 3. The summed E-state index contributed by atoms with van der Waals surface area (Å²) in [6.45, 7) is 6.53. The summed E-state index contributed by atoms with van der Waals surface area (Å²) in [6, 6.07) is 23.2. The highest BCUT2D eigenvalue weighted by Crippen LogP contribution is 2.48. The van der Waals surface area contributed by atoms with E-state index in [0.29, 0.717) is 5.92 Å². The van der Waals surface area contributed by atoms with Crippen LogP contribution >= 0.6 is 11.8 Å². The zero-order valence-electron chi connectivity index (χ0n) is 29.6. The van der Waals surface area contributed by atoms with Crippen LogP contribution in [0.5, 0.6) is 11.5 Å². The van der Waals surface area contributed by atoms with Crippen molar-refractivity contribution in [3.8, 4) is 11.5 Å². The molecule has 0 bridgehead atoms. The molecule has 3 aromatic carbocycles. The van der Waals surface area contributed by atoms with Crippen LogP contribution in [0.3, 0.4) is 0 Å². The van der Waals surface area contributed by atoms with Crippen molar-refractivity contribution in [1.82, 2.24) is 9.80 Å². The smallest absolute Gasteiger partial charge is 0.335 e. The maximum Gasteiger partial charge on any atom is 0.335 e. The molecule has 52 heavy (non-hydrogen) atoms. The topological polar surface area (TPSA) is 160 Å². The number of carbonyl (C=O) groups is 3. The summed E-state index contributed by atoms with van der Waals surface area (Å²) >= 11 is 1.88. The number of aliphatic hydroxyl groups excluding tert-OH is 2. The SMILES string of the molecule is CC(CN(C)C)CN1c2ccccc2Sc2ccccc21.O=C(C=CC=Cc1ccc2c(c1)OCO2)N1CCCCC1.O=C(O)C(O)C(O)C(=O)O. The first kappa shape index (κ1) is 40.0. The molecular weight excluding hydrogens is 687 g/mol. The van der Waals surface area contributed by atoms with Gasteiger partial charge in [0, 0.05) is 42.0 Å². The third-order valence-electron chi connectivity index (χ3n) is 8.21. The van der Waals surface area contributed by atoms with Crippen LogP contribution in [-0.2, 0) is 14.4 Å². The van der Waals surface area contributed by atoms with Gasteiger partial charge in [-0.25, -0.2) is 9.59 Å². The highest BCUT2D eigenvalue weighted by molar-refractivity contribution is 7.99. The summed E-state index contributed by atoms with van der Waals surface area (Å²) in [7, 11) is 4.29. The van der Waals surface area contributed by atoms with Crippen molar-refractivity contribution < 1.29 is 44.3 Å². The van der Waals surface area contributed by atoms with Crippen LogP contribution < -0.4 is 14.4 Å². The Labute approximate surface area is 308 Å². The van der Waals surface area contributed by atoms with E-state index in [1.54, 1.807) is 12.2 Å². The number of allylic oxidation sites excluding steroid dienone is 2. The summed E-state index contributed by atoms with van der Waals surface area (Å²) in [5.74, 6) is -1.27. The molecule has 1 saturated heterocycles. The number of carbonyl (C=O) groups excluding carboxylic acids is 1. The fraction of sp³-hybridized carbons (Fsp3) is 0.359. The Morgan fingerprint density at radius 1 is 0.827 bits per heavy atom. The highest BCUT2D eigenvalue weighted by Gasteiger charge is 2.29. The van der Waals surface area contributed by atoms with Crippen molar-refractivity contribution in [3.63, 3.8) is 0 Å². The number of rotatable bonds is 10. The van der Waals surface area contributed by atoms with Crippen molar-refractivity contribution in [2.24, 2.45) is 5.92 Å². The van der Waals surface area contributed by atoms with Gasteiger partial charge in [0.25, 0.3) is 0 Å². The number of benzene rings is 3. The second-order valence-electron chi connectivity index (χ2n) is 12.8. The van der Waals surface area contributed by atoms with Gasteiger partial charge < -0.3 is 44.6 Å². The van der Waals surface area contributed by atoms with Gasteiger partial charge in [-0.2, -0.15) is 0 Å². The summed E-state index contributed by atoms with van der Waals surface area (Å²) in [6.07, 6.45) is 6.18. The van der Waals surface area contributed by atoms with Crippen LogP contribution in [-0.4, -0.2) is 107 Å². The van der Waals surface area contributed by atoms with Crippen LogP contribution in [0.4, 0.5) is 11.4 Å². The first-order valence-corrected chi connectivity index (χ1v) is 17.9. The van der Waals surface area contributed by atoms with Crippen molar-refractivity contribution in [3.05, 3.63) is 90.5 Å². The predicted molar refractivity (Wildman–Crippen MR) is 200 cm³/mol. The number of hydrogen-bond acceptors (Lipinski definition) is 10. The van der Waals surface area contributed by atoms with Gasteiger partial charge in [0.2, 0.25) is 12.7 Å². The number of carboxylic acid groups (broad SMARTS) is 2. The minimum Gasteiger partial charge on any atom is -0.479 e. The summed E-state index contributed by atoms with van der Waals surface area (Å²) in [5, 5.41) is 32.5. The van der Waals surface area contributed by atoms with Gasteiger partial charge in [0.1, 0.15) is 0 Å². The van der Waals surface area contributed by atoms with Gasteiger partial charge in [-0.15, -0.1) is 0 Å². The molecule has 0 radical (unpaired) electrons. The number of ether oxygens (including phenoxy) is 2. The van der Waals surface area contributed by atoms with E-state index < -0.39 is 24.1 Å². The van der Waals surface area contributed by atoms with Crippen molar-refractivity contribution in [2.45, 2.75) is 48.2 Å². The van der Waals surface area contributed by atoms with Crippen LogP contribution in [0.2, 0.25) is 0 Å². The number of anilines is 2. The largest absolute Gasteiger partial charge is 0.479 e. The van der Waals surface area contributed by atoms with Gasteiger partial charge in [-0.3, -0.25) is 4.79 Å². The maximum atomic E-state index is 11.9. The molecule has 6 rings (SSSR count). The van der Waals surface area contributed by atoms with E-state index >= 15 is 0 Å². The number of likely N-dealkylation sites (tertiary alicyclic amines) is 1. The number of aliphatic hydroxyl groups is 2. The Morgan fingerprint density at radius 3 is 1.98 bits per heavy atom. The Balaban J connectivity index is 0.000000187. The average Bonchev–Trinajstić information content (AvgIpc) is 3.61. The van der Waals surface area contributed by atoms with Crippen molar-refractivity contribution >= 4 is 47.1 Å². The van der Waals surface area contributed by atoms with Gasteiger partial charge in [-0.1, -0.05) is 67.2 Å². The fourth-order valence-corrected chi connectivity index (χ4v) is 6.88. The molecule has 1 amide bonds. The molecule has 4 N–H and O–H groups in total. The van der Waals surface area contributed by atoms with E-state index in [0.717, 1.165) is 56.1 Å². The molecule has 0 spiro atoms. The quantitative estimate of drug-likeness (QED) is 0.156. The number of aliphatic carboxylic acids is 2. The second kappa shape index (κ2) is 19.7. The van der Waals surface area contributed by atoms with Crippen molar-refractivity contribution in [1.29, 1.82) is 0 Å². The molecule has 3 aliphatic rings. The molecule has 12 nitrogen and oxygen atoms in total. The Morgan fingerprint density at radius 2 is 1.40 bits per heavy atom. The maximum absolute atomic E-state index is 11.9. The lowest BCUT2D eigenvalue weighted by Gasteiger charge is -2.35. The van der Waals surface area contributed by atoms with Crippen LogP contribution in [0, 0.1) is 5.92 Å². The molecule has 3 atom stereocenters. The zero-order chi connectivity index (χ0) is 37.6. The van der Waals surface area contributed by atoms with Gasteiger partial charge in [0.05, 0.1) is 11.4 Å². The van der Waals surface area contributed by atoms with E-state index in [1.807, 2.05) is 47.0 Å².